The summed E-state index contributed by atoms with van der Waals surface area (Å²) in [5.41, 5.74) is 7.28. The topological polar surface area (TPSA) is 114 Å². The number of nitrogens with one attached hydrogen (secondary N) is 2. The Labute approximate surface area is 304 Å². The van der Waals surface area contributed by atoms with Gasteiger partial charge in [0.25, 0.3) is 0 Å². The maximum absolute atomic E-state index is 11.8. The number of carbonyl (C=O) groups excluding carboxylic acids is 1. The summed E-state index contributed by atoms with van der Waals surface area (Å²) in [6.07, 6.45) is 7.05. The van der Waals surface area contributed by atoms with Gasteiger partial charge in [-0.05, 0) is 79.1 Å². The van der Waals surface area contributed by atoms with Crippen LogP contribution in [0, 0.1) is 18.8 Å². The first-order chi connectivity index (χ1) is 24.8. The molecule has 2 saturated heterocycles. The molecule has 2 N–H and O–H groups in total. The monoisotopic (exact) mass is 711 g/mol. The summed E-state index contributed by atoms with van der Waals surface area (Å²) < 4.78 is 18.9. The van der Waals surface area contributed by atoms with E-state index in [0.29, 0.717) is 55.9 Å². The van der Waals surface area contributed by atoms with E-state index in [9.17, 15) is 9.70 Å². The van der Waals surface area contributed by atoms with Crippen LogP contribution >= 0.6 is 11.6 Å². The number of carbonyl (C=O) groups is 1. The zero-order valence-electron chi connectivity index (χ0n) is 29.4. The Hall–Kier alpha value is -4.51. The van der Waals surface area contributed by atoms with E-state index in [2.05, 4.69) is 63.8 Å². The van der Waals surface area contributed by atoms with Gasteiger partial charge >= 0.3 is 0 Å². The van der Waals surface area contributed by atoms with Crippen molar-refractivity contribution in [3.8, 4) is 28.4 Å². The van der Waals surface area contributed by atoms with E-state index in [-0.39, 0.29) is 18.0 Å². The molecule has 0 radical (unpaired) electrons. The molecule has 6 rings (SSSR count). The Morgan fingerprint density at radius 2 is 1.76 bits per heavy atom. The van der Waals surface area contributed by atoms with Crippen molar-refractivity contribution >= 4 is 17.5 Å². The van der Waals surface area contributed by atoms with Crippen LogP contribution in [-0.2, 0) is 24.6 Å². The predicted octanol–water partition coefficient (Wildman–Crippen LogP) is 7.16. The second-order valence-electron chi connectivity index (χ2n) is 13.4. The number of benzene rings is 3. The fourth-order valence-corrected chi connectivity index (χ4v) is 7.24. The summed E-state index contributed by atoms with van der Waals surface area (Å²) in [6.45, 7) is 9.51. The maximum atomic E-state index is 11.8. The SMILES string of the molecule is Cc1c(COc2cc(OCc3cccnc3)c(CNCCN=O)cc2Cl)cccc1-c1cccc(OCCCN2CCC3(CCC(=O)N3)C2)c1C. The molecule has 268 valence electrons. The minimum Gasteiger partial charge on any atom is -0.493 e. The van der Waals surface area contributed by atoms with Crippen molar-refractivity contribution in [3.05, 3.63) is 111 Å². The smallest absolute Gasteiger partial charge is 0.220 e. The molecule has 2 aliphatic heterocycles. The van der Waals surface area contributed by atoms with Crippen LogP contribution < -0.4 is 24.8 Å². The number of likely N-dealkylation sites (tertiary alicyclic amines) is 1. The van der Waals surface area contributed by atoms with Crippen LogP contribution in [0.3, 0.4) is 0 Å². The normalized spacial score (nSPS) is 17.1. The summed E-state index contributed by atoms with van der Waals surface area (Å²) in [6, 6.07) is 20.0. The van der Waals surface area contributed by atoms with Crippen LogP contribution in [-0.4, -0.2) is 60.7 Å². The van der Waals surface area contributed by atoms with Gasteiger partial charge < -0.3 is 29.7 Å². The molecule has 2 aliphatic rings. The van der Waals surface area contributed by atoms with Gasteiger partial charge in [-0.2, -0.15) is 4.91 Å². The van der Waals surface area contributed by atoms with E-state index in [0.717, 1.165) is 83.6 Å². The van der Waals surface area contributed by atoms with Gasteiger partial charge in [0.2, 0.25) is 5.91 Å². The first kappa shape index (κ1) is 36.3. The van der Waals surface area contributed by atoms with Gasteiger partial charge in [0.05, 0.1) is 23.7 Å². The van der Waals surface area contributed by atoms with Crippen LogP contribution in [0.25, 0.3) is 11.1 Å². The van der Waals surface area contributed by atoms with Gasteiger partial charge in [-0.25, -0.2) is 0 Å². The third kappa shape index (κ3) is 9.24. The highest BCUT2D eigenvalue weighted by molar-refractivity contribution is 6.32. The molecule has 51 heavy (non-hydrogen) atoms. The minimum atomic E-state index is -0.0102. The zero-order chi connectivity index (χ0) is 35.6. The van der Waals surface area contributed by atoms with Crippen LogP contribution in [0.1, 0.15) is 53.5 Å². The predicted molar refractivity (Wildman–Crippen MR) is 199 cm³/mol. The van der Waals surface area contributed by atoms with Crippen LogP contribution in [0.5, 0.6) is 17.2 Å². The highest BCUT2D eigenvalue weighted by Gasteiger charge is 2.42. The Bertz CT molecular complexity index is 1820. The summed E-state index contributed by atoms with van der Waals surface area (Å²) in [5.74, 6) is 2.22. The van der Waals surface area contributed by atoms with E-state index in [4.69, 9.17) is 25.8 Å². The van der Waals surface area contributed by atoms with Crippen LogP contribution in [0.4, 0.5) is 0 Å². The molecule has 0 aliphatic carbocycles. The van der Waals surface area contributed by atoms with E-state index in [1.165, 1.54) is 0 Å². The Balaban J connectivity index is 1.09. The number of aromatic nitrogens is 1. The van der Waals surface area contributed by atoms with Crippen molar-refractivity contribution in [3.63, 3.8) is 0 Å². The second-order valence-corrected chi connectivity index (χ2v) is 13.8. The molecule has 1 amide bonds. The first-order valence-corrected chi connectivity index (χ1v) is 18.0. The molecule has 4 aromatic rings. The largest absolute Gasteiger partial charge is 0.493 e. The number of amides is 1. The van der Waals surface area contributed by atoms with Gasteiger partial charge in [-0.15, -0.1) is 0 Å². The first-order valence-electron chi connectivity index (χ1n) is 17.7. The molecular formula is C40H46ClN5O5. The van der Waals surface area contributed by atoms with Crippen molar-refractivity contribution in [1.29, 1.82) is 0 Å². The van der Waals surface area contributed by atoms with Gasteiger partial charge in [0, 0.05) is 68.7 Å². The minimum absolute atomic E-state index is 0.0102. The third-order valence-corrected chi connectivity index (χ3v) is 10.2. The molecule has 10 nitrogen and oxygen atoms in total. The summed E-state index contributed by atoms with van der Waals surface area (Å²) >= 11 is 6.73. The maximum Gasteiger partial charge on any atom is 0.220 e. The van der Waals surface area contributed by atoms with Gasteiger partial charge in [-0.3, -0.25) is 9.78 Å². The zero-order valence-corrected chi connectivity index (χ0v) is 30.1. The molecule has 1 atom stereocenters. The molecule has 1 unspecified atom stereocenters. The van der Waals surface area contributed by atoms with Gasteiger partial charge in [-0.1, -0.05) is 53.2 Å². The van der Waals surface area contributed by atoms with Crippen molar-refractivity contribution in [2.75, 3.05) is 39.3 Å². The number of nitroso groups, excluding NO2 is 1. The quantitative estimate of drug-likeness (QED) is 0.0877. The highest BCUT2D eigenvalue weighted by atomic mass is 35.5. The lowest BCUT2D eigenvalue weighted by molar-refractivity contribution is -0.119. The van der Waals surface area contributed by atoms with Gasteiger partial charge in [0.1, 0.15) is 30.5 Å². The molecule has 11 heteroatoms. The molecule has 3 heterocycles. The third-order valence-electron chi connectivity index (χ3n) is 9.88. The van der Waals surface area contributed by atoms with Crippen molar-refractivity contribution in [2.24, 2.45) is 5.18 Å². The number of rotatable bonds is 17. The molecule has 3 aromatic carbocycles. The fourth-order valence-electron chi connectivity index (χ4n) is 7.00. The van der Waals surface area contributed by atoms with Crippen molar-refractivity contribution in [2.45, 2.75) is 64.8 Å². The number of nitrogens with zero attached hydrogens (tertiary/aromatic N) is 3. The number of hydrogen-bond donors (Lipinski definition) is 2. The second kappa shape index (κ2) is 17.1. The molecular weight excluding hydrogens is 666 g/mol. The lowest BCUT2D eigenvalue weighted by Gasteiger charge is -2.24. The van der Waals surface area contributed by atoms with Crippen molar-refractivity contribution < 1.29 is 19.0 Å². The van der Waals surface area contributed by atoms with Crippen LogP contribution in [0.2, 0.25) is 5.02 Å². The van der Waals surface area contributed by atoms with E-state index in [1.54, 1.807) is 12.4 Å². The molecule has 0 bridgehead atoms. The number of pyridine rings is 1. The van der Waals surface area contributed by atoms with Crippen LogP contribution in [0.15, 0.2) is 78.2 Å². The fraction of sp³-hybridized carbons (Fsp3) is 0.400. The summed E-state index contributed by atoms with van der Waals surface area (Å²) in [5, 5.41) is 9.81. The van der Waals surface area contributed by atoms with E-state index >= 15 is 0 Å². The Morgan fingerprint density at radius 1 is 0.941 bits per heavy atom. The molecule has 1 aromatic heterocycles. The Morgan fingerprint density at radius 3 is 2.55 bits per heavy atom. The average molecular weight is 712 g/mol. The summed E-state index contributed by atoms with van der Waals surface area (Å²) in [7, 11) is 0. The number of ether oxygens (including phenoxy) is 3. The summed E-state index contributed by atoms with van der Waals surface area (Å²) in [4.78, 5) is 28.9. The lowest BCUT2D eigenvalue weighted by atomic mass is 9.93. The molecule has 0 saturated carbocycles. The number of hydrogen-bond acceptors (Lipinski definition) is 9. The van der Waals surface area contributed by atoms with E-state index in [1.807, 2.05) is 36.4 Å². The highest BCUT2D eigenvalue weighted by Crippen LogP contribution is 2.36. The average Bonchev–Trinajstić information content (AvgIpc) is 3.72. The lowest BCUT2D eigenvalue weighted by Crippen LogP contribution is -2.44. The molecule has 1 spiro atoms. The Kier molecular flexibility index (Phi) is 12.2. The van der Waals surface area contributed by atoms with Gasteiger partial charge in [0.15, 0.2) is 0 Å². The van der Waals surface area contributed by atoms with E-state index < -0.39 is 0 Å². The molecule has 2 fully saturated rings. The van der Waals surface area contributed by atoms with Crippen molar-refractivity contribution in [1.82, 2.24) is 20.5 Å². The standard InChI is InChI=1S/C40H46ClN5O5/c1-28-31(26-51-38-22-37(50-25-30-7-5-15-42-23-30)32(21-35(38)41)24-43-16-17-44-48)8-3-9-33(28)34-10-4-11-36(29(34)2)49-20-6-18-46-19-14-40(27-46)13-12-39(47)45-40/h3-5,7-11,15,21-23,43H,6,12-14,16-20,24-27H2,1-2H3,(H,45,47). The number of halogens is 1.